The van der Waals surface area contributed by atoms with Gasteiger partial charge >= 0.3 is 5.97 Å². The number of halogens is 2. The first kappa shape index (κ1) is 15.7. The van der Waals surface area contributed by atoms with E-state index in [1.165, 1.54) is 6.08 Å². The van der Waals surface area contributed by atoms with Crippen molar-refractivity contribution >= 4 is 33.3 Å². The van der Waals surface area contributed by atoms with Crippen LogP contribution in [0.4, 0.5) is 10.1 Å². The van der Waals surface area contributed by atoms with E-state index < -0.39 is 27.1 Å². The number of hydrogen-bond donors (Lipinski definition) is 2. The number of carboxylic acids is 1. The summed E-state index contributed by atoms with van der Waals surface area (Å²) in [5.74, 6) is -1.95. The minimum absolute atomic E-state index is 0.0327. The molecule has 9 heteroatoms. The summed E-state index contributed by atoms with van der Waals surface area (Å²) >= 11 is 5.74. The molecule has 0 unspecified atom stereocenters. The highest BCUT2D eigenvalue weighted by molar-refractivity contribution is 7.93. The fourth-order valence-corrected chi connectivity index (χ4v) is 3.53. The van der Waals surface area contributed by atoms with Gasteiger partial charge in [-0.2, -0.15) is 0 Å². The van der Waals surface area contributed by atoms with Crippen molar-refractivity contribution < 1.29 is 27.4 Å². The second-order valence-corrected chi connectivity index (χ2v) is 6.53. The third-order valence-corrected chi connectivity index (χ3v) is 4.80. The molecule has 0 aliphatic carbocycles. The van der Waals surface area contributed by atoms with Crippen molar-refractivity contribution in [3.63, 3.8) is 0 Å². The van der Waals surface area contributed by atoms with Gasteiger partial charge in [0.1, 0.15) is 11.1 Å². The van der Waals surface area contributed by atoms with Crippen molar-refractivity contribution in [2.75, 3.05) is 17.9 Å². The molecule has 1 aromatic rings. The maximum atomic E-state index is 12.9. The van der Waals surface area contributed by atoms with E-state index >= 15 is 0 Å². The largest absolute Gasteiger partial charge is 0.478 e. The Morgan fingerprint density at radius 3 is 2.81 bits per heavy atom. The van der Waals surface area contributed by atoms with Crippen LogP contribution in [0.5, 0.6) is 0 Å². The highest BCUT2D eigenvalue weighted by Gasteiger charge is 2.35. The summed E-state index contributed by atoms with van der Waals surface area (Å²) in [6, 6.07) is 3.14. The molecule has 1 aliphatic rings. The SMILES string of the molecule is O=C(O)C1=CCOC[C@H]1S(=O)(=O)Nc1ccc(F)cc1Cl. The fourth-order valence-electron chi connectivity index (χ4n) is 1.82. The number of ether oxygens (including phenoxy) is 1. The highest BCUT2D eigenvalue weighted by Crippen LogP contribution is 2.26. The number of rotatable bonds is 4. The van der Waals surface area contributed by atoms with Gasteiger partial charge in [-0.1, -0.05) is 11.6 Å². The molecule has 2 N–H and O–H groups in total. The van der Waals surface area contributed by atoms with E-state index in [2.05, 4.69) is 4.72 Å². The molecule has 0 bridgehead atoms. The molecular formula is C12H11ClFNO5S. The Morgan fingerprint density at radius 1 is 1.48 bits per heavy atom. The lowest BCUT2D eigenvalue weighted by Crippen LogP contribution is -2.38. The molecule has 0 amide bonds. The summed E-state index contributed by atoms with van der Waals surface area (Å²) in [5.41, 5.74) is -0.305. The molecule has 1 aliphatic heterocycles. The van der Waals surface area contributed by atoms with Crippen LogP contribution in [0.2, 0.25) is 5.02 Å². The van der Waals surface area contributed by atoms with Gasteiger partial charge in [-0.05, 0) is 24.3 Å². The van der Waals surface area contributed by atoms with Crippen molar-refractivity contribution in [1.82, 2.24) is 0 Å². The molecule has 1 atom stereocenters. The number of anilines is 1. The second-order valence-electron chi connectivity index (χ2n) is 4.26. The van der Waals surface area contributed by atoms with E-state index in [1.54, 1.807) is 0 Å². The normalized spacial score (nSPS) is 19.0. The number of carboxylic acid groups (broad SMARTS) is 1. The Morgan fingerprint density at radius 2 is 2.19 bits per heavy atom. The first-order chi connectivity index (χ1) is 9.81. The zero-order chi connectivity index (χ0) is 15.6. The van der Waals surface area contributed by atoms with Crippen molar-refractivity contribution in [2.45, 2.75) is 5.25 Å². The third-order valence-electron chi connectivity index (χ3n) is 2.84. The summed E-state index contributed by atoms with van der Waals surface area (Å²) < 4.78 is 44.6. The molecule has 2 rings (SSSR count). The summed E-state index contributed by atoms with van der Waals surface area (Å²) in [4.78, 5) is 11.1. The van der Waals surface area contributed by atoms with Crippen LogP contribution in [-0.2, 0) is 19.6 Å². The second kappa shape index (κ2) is 6.00. The van der Waals surface area contributed by atoms with Crippen LogP contribution >= 0.6 is 11.6 Å². The minimum Gasteiger partial charge on any atom is -0.478 e. The van der Waals surface area contributed by atoms with Crippen LogP contribution in [0.15, 0.2) is 29.8 Å². The van der Waals surface area contributed by atoms with Gasteiger partial charge in [0.05, 0.1) is 29.5 Å². The van der Waals surface area contributed by atoms with E-state index in [4.69, 9.17) is 21.4 Å². The van der Waals surface area contributed by atoms with Crippen LogP contribution in [-0.4, -0.2) is 38.0 Å². The van der Waals surface area contributed by atoms with Gasteiger partial charge in [-0.3, -0.25) is 4.72 Å². The molecular weight excluding hydrogens is 325 g/mol. The van der Waals surface area contributed by atoms with E-state index in [0.29, 0.717) is 0 Å². The van der Waals surface area contributed by atoms with Gasteiger partial charge in [0.15, 0.2) is 0 Å². The van der Waals surface area contributed by atoms with Crippen LogP contribution in [0.25, 0.3) is 0 Å². The Hall–Kier alpha value is -1.64. The Labute approximate surface area is 125 Å². The maximum Gasteiger partial charge on any atom is 0.332 e. The monoisotopic (exact) mass is 335 g/mol. The quantitative estimate of drug-likeness (QED) is 0.872. The lowest BCUT2D eigenvalue weighted by Gasteiger charge is -2.23. The molecule has 0 radical (unpaired) electrons. The lowest BCUT2D eigenvalue weighted by atomic mass is 10.1. The number of aliphatic carboxylic acids is 1. The van der Waals surface area contributed by atoms with Gasteiger partial charge in [0.25, 0.3) is 0 Å². The molecule has 0 saturated heterocycles. The maximum absolute atomic E-state index is 12.9. The minimum atomic E-state index is -4.10. The standard InChI is InChI=1S/C12H11ClFNO5S/c13-9-5-7(14)1-2-10(9)15-21(18,19)11-6-20-4-3-8(11)12(16)17/h1-3,5,11,15H,4,6H2,(H,16,17)/t11-/m1/s1. The Kier molecular flexibility index (Phi) is 4.50. The van der Waals surface area contributed by atoms with Crippen molar-refractivity contribution in [1.29, 1.82) is 0 Å². The predicted molar refractivity (Wildman–Crippen MR) is 74.3 cm³/mol. The molecule has 0 spiro atoms. The molecule has 1 heterocycles. The van der Waals surface area contributed by atoms with Crippen molar-refractivity contribution in [2.24, 2.45) is 0 Å². The number of nitrogens with one attached hydrogen (secondary N) is 1. The van der Waals surface area contributed by atoms with Gasteiger partial charge in [0, 0.05) is 0 Å². The third kappa shape index (κ3) is 3.52. The molecule has 6 nitrogen and oxygen atoms in total. The van der Waals surface area contributed by atoms with Gasteiger partial charge in [-0.25, -0.2) is 17.6 Å². The first-order valence-electron chi connectivity index (χ1n) is 5.79. The van der Waals surface area contributed by atoms with Gasteiger partial charge in [-0.15, -0.1) is 0 Å². The number of sulfonamides is 1. The smallest absolute Gasteiger partial charge is 0.332 e. The van der Waals surface area contributed by atoms with Crippen LogP contribution in [0.3, 0.4) is 0 Å². The van der Waals surface area contributed by atoms with Crippen LogP contribution < -0.4 is 4.72 Å². The fraction of sp³-hybridized carbons (Fsp3) is 0.250. The molecule has 21 heavy (non-hydrogen) atoms. The topological polar surface area (TPSA) is 92.7 Å². The van der Waals surface area contributed by atoms with Gasteiger partial charge in [0.2, 0.25) is 10.0 Å². The van der Waals surface area contributed by atoms with Crippen LogP contribution in [0.1, 0.15) is 0 Å². The average molecular weight is 336 g/mol. The highest BCUT2D eigenvalue weighted by atomic mass is 35.5. The summed E-state index contributed by atoms with van der Waals surface area (Å²) in [6.45, 7) is -0.253. The van der Waals surface area contributed by atoms with Crippen LogP contribution in [0, 0.1) is 5.82 Å². The van der Waals surface area contributed by atoms with E-state index in [-0.39, 0.29) is 29.5 Å². The Bertz CT molecular complexity index is 704. The lowest BCUT2D eigenvalue weighted by molar-refractivity contribution is -0.133. The predicted octanol–water partition coefficient (Wildman–Crippen LogP) is 1.63. The molecule has 0 fully saturated rings. The number of benzene rings is 1. The Balaban J connectivity index is 2.31. The first-order valence-corrected chi connectivity index (χ1v) is 7.71. The molecule has 114 valence electrons. The van der Waals surface area contributed by atoms with E-state index in [9.17, 15) is 17.6 Å². The zero-order valence-electron chi connectivity index (χ0n) is 10.5. The van der Waals surface area contributed by atoms with Gasteiger partial charge < -0.3 is 9.84 Å². The summed E-state index contributed by atoms with van der Waals surface area (Å²) in [6.07, 6.45) is 1.20. The van der Waals surface area contributed by atoms with E-state index in [0.717, 1.165) is 18.2 Å². The summed E-state index contributed by atoms with van der Waals surface area (Å²) in [7, 11) is -4.10. The molecule has 0 saturated carbocycles. The molecule has 1 aromatic carbocycles. The number of hydrogen-bond acceptors (Lipinski definition) is 4. The van der Waals surface area contributed by atoms with Crippen molar-refractivity contribution in [3.05, 3.63) is 40.7 Å². The van der Waals surface area contributed by atoms with Crippen molar-refractivity contribution in [3.8, 4) is 0 Å². The summed E-state index contributed by atoms with van der Waals surface area (Å²) in [5, 5.41) is 7.54. The van der Waals surface area contributed by atoms with E-state index in [1.807, 2.05) is 0 Å². The molecule has 0 aromatic heterocycles. The zero-order valence-corrected chi connectivity index (χ0v) is 12.1. The average Bonchev–Trinajstić information content (AvgIpc) is 2.42. The number of carbonyl (C=O) groups is 1.